The van der Waals surface area contributed by atoms with Gasteiger partial charge in [0.2, 0.25) is 0 Å². The van der Waals surface area contributed by atoms with Crippen LogP contribution < -0.4 is 0 Å². The van der Waals surface area contributed by atoms with Crippen molar-refractivity contribution in [2.24, 2.45) is 0 Å². The second kappa shape index (κ2) is 2.91. The van der Waals surface area contributed by atoms with E-state index in [2.05, 4.69) is 22.5 Å². The van der Waals surface area contributed by atoms with Gasteiger partial charge in [-0.3, -0.25) is 0 Å². The van der Waals surface area contributed by atoms with Crippen LogP contribution in [0.4, 0.5) is 0 Å². The Morgan fingerprint density at radius 1 is 1.54 bits per heavy atom. The van der Waals surface area contributed by atoms with Gasteiger partial charge in [-0.05, 0) is 25.1 Å². The molecule has 0 atom stereocenters. The van der Waals surface area contributed by atoms with Crippen molar-refractivity contribution in [1.82, 2.24) is 9.55 Å². The highest BCUT2D eigenvalue weighted by atomic mass is 15.0. The van der Waals surface area contributed by atoms with Gasteiger partial charge in [0.1, 0.15) is 0 Å². The molecular formula is C10H9N3. The highest BCUT2D eigenvalue weighted by Gasteiger charge is 2.00. The molecule has 2 rings (SSSR count). The van der Waals surface area contributed by atoms with E-state index in [1.165, 1.54) is 0 Å². The number of imidazole rings is 1. The summed E-state index contributed by atoms with van der Waals surface area (Å²) in [6.45, 7) is 2.97. The van der Waals surface area contributed by atoms with Gasteiger partial charge in [0.15, 0.2) is 0 Å². The van der Waals surface area contributed by atoms with E-state index < -0.39 is 0 Å². The van der Waals surface area contributed by atoms with E-state index in [-0.39, 0.29) is 0 Å². The molecule has 0 N–H and O–H groups in total. The SMILES string of the molecule is CCn1cnc2cc(C#N)ccc21. The van der Waals surface area contributed by atoms with Crippen molar-refractivity contribution in [1.29, 1.82) is 5.26 Å². The molecule has 0 aliphatic rings. The fraction of sp³-hybridized carbons (Fsp3) is 0.200. The van der Waals surface area contributed by atoms with Gasteiger partial charge >= 0.3 is 0 Å². The molecule has 0 saturated carbocycles. The maximum atomic E-state index is 8.68. The number of aromatic nitrogens is 2. The molecule has 0 spiro atoms. The highest BCUT2D eigenvalue weighted by Crippen LogP contribution is 2.13. The normalized spacial score (nSPS) is 10.2. The molecule has 1 aromatic carbocycles. The lowest BCUT2D eigenvalue weighted by atomic mass is 10.2. The Labute approximate surface area is 76.2 Å². The van der Waals surface area contributed by atoms with Crippen molar-refractivity contribution in [2.45, 2.75) is 13.5 Å². The maximum absolute atomic E-state index is 8.68. The molecule has 3 nitrogen and oxygen atoms in total. The van der Waals surface area contributed by atoms with E-state index in [9.17, 15) is 0 Å². The fourth-order valence-electron chi connectivity index (χ4n) is 1.39. The molecule has 3 heteroatoms. The second-order valence-corrected chi connectivity index (χ2v) is 2.85. The summed E-state index contributed by atoms with van der Waals surface area (Å²) in [7, 11) is 0. The second-order valence-electron chi connectivity index (χ2n) is 2.85. The van der Waals surface area contributed by atoms with E-state index in [0.29, 0.717) is 5.56 Å². The third-order valence-corrected chi connectivity index (χ3v) is 2.09. The summed E-state index contributed by atoms with van der Waals surface area (Å²) in [5, 5.41) is 8.68. The summed E-state index contributed by atoms with van der Waals surface area (Å²) in [6, 6.07) is 7.65. The van der Waals surface area contributed by atoms with Crippen LogP contribution in [-0.4, -0.2) is 9.55 Å². The van der Waals surface area contributed by atoms with Gasteiger partial charge in [0.25, 0.3) is 0 Å². The summed E-state index contributed by atoms with van der Waals surface area (Å²) < 4.78 is 2.05. The summed E-state index contributed by atoms with van der Waals surface area (Å²) in [6.07, 6.45) is 1.80. The van der Waals surface area contributed by atoms with E-state index >= 15 is 0 Å². The van der Waals surface area contributed by atoms with Crippen LogP contribution in [0.1, 0.15) is 12.5 Å². The van der Waals surface area contributed by atoms with Crippen molar-refractivity contribution in [3.05, 3.63) is 30.1 Å². The minimum atomic E-state index is 0.661. The van der Waals surface area contributed by atoms with Crippen molar-refractivity contribution >= 4 is 11.0 Å². The van der Waals surface area contributed by atoms with E-state index in [1.54, 1.807) is 6.33 Å². The fourth-order valence-corrected chi connectivity index (χ4v) is 1.39. The average molecular weight is 171 g/mol. The molecule has 1 aromatic heterocycles. The van der Waals surface area contributed by atoms with E-state index in [4.69, 9.17) is 5.26 Å². The van der Waals surface area contributed by atoms with Gasteiger partial charge in [-0.1, -0.05) is 0 Å². The monoisotopic (exact) mass is 171 g/mol. The number of fused-ring (bicyclic) bond motifs is 1. The van der Waals surface area contributed by atoms with Crippen LogP contribution in [0.2, 0.25) is 0 Å². The average Bonchev–Trinajstić information content (AvgIpc) is 2.59. The predicted octanol–water partition coefficient (Wildman–Crippen LogP) is 1.93. The molecule has 0 fully saturated rings. The lowest BCUT2D eigenvalue weighted by Gasteiger charge is -1.97. The highest BCUT2D eigenvalue weighted by molar-refractivity contribution is 5.76. The number of benzene rings is 1. The molecule has 0 unspecified atom stereocenters. The van der Waals surface area contributed by atoms with Crippen molar-refractivity contribution < 1.29 is 0 Å². The van der Waals surface area contributed by atoms with Gasteiger partial charge in [-0.25, -0.2) is 4.98 Å². The zero-order valence-electron chi connectivity index (χ0n) is 7.36. The Morgan fingerprint density at radius 2 is 2.38 bits per heavy atom. The lowest BCUT2D eigenvalue weighted by molar-refractivity contribution is 0.787. The Hall–Kier alpha value is -1.82. The number of hydrogen-bond acceptors (Lipinski definition) is 2. The molecule has 0 aliphatic heterocycles. The van der Waals surface area contributed by atoms with Crippen molar-refractivity contribution in [3.63, 3.8) is 0 Å². The minimum absolute atomic E-state index is 0.661. The molecule has 13 heavy (non-hydrogen) atoms. The Kier molecular flexibility index (Phi) is 1.75. The molecule has 0 bridgehead atoms. The van der Waals surface area contributed by atoms with Gasteiger partial charge in [-0.2, -0.15) is 5.26 Å². The summed E-state index contributed by atoms with van der Waals surface area (Å²) in [5.41, 5.74) is 2.64. The summed E-state index contributed by atoms with van der Waals surface area (Å²) >= 11 is 0. The molecule has 0 amide bonds. The van der Waals surface area contributed by atoms with Gasteiger partial charge in [-0.15, -0.1) is 0 Å². The topological polar surface area (TPSA) is 41.6 Å². The first kappa shape index (κ1) is 7.81. The van der Waals surface area contributed by atoms with Crippen LogP contribution in [0.5, 0.6) is 0 Å². The zero-order valence-corrected chi connectivity index (χ0v) is 7.36. The third-order valence-electron chi connectivity index (χ3n) is 2.09. The van der Waals surface area contributed by atoms with Crippen LogP contribution in [0.15, 0.2) is 24.5 Å². The summed E-state index contributed by atoms with van der Waals surface area (Å²) in [5.74, 6) is 0. The first-order chi connectivity index (χ1) is 6.35. The first-order valence-corrected chi connectivity index (χ1v) is 4.20. The van der Waals surface area contributed by atoms with Crippen molar-refractivity contribution in [3.8, 4) is 6.07 Å². The predicted molar refractivity (Wildman–Crippen MR) is 50.1 cm³/mol. The van der Waals surface area contributed by atoms with Crippen molar-refractivity contribution in [2.75, 3.05) is 0 Å². The van der Waals surface area contributed by atoms with Gasteiger partial charge in [0, 0.05) is 6.54 Å². The van der Waals surface area contributed by atoms with E-state index in [0.717, 1.165) is 17.6 Å². The smallest absolute Gasteiger partial charge is 0.0992 e. The number of aryl methyl sites for hydroxylation is 1. The molecule has 0 saturated heterocycles. The zero-order chi connectivity index (χ0) is 9.26. The number of hydrogen-bond donors (Lipinski definition) is 0. The van der Waals surface area contributed by atoms with Gasteiger partial charge in [0.05, 0.1) is 29.0 Å². The number of nitrogens with zero attached hydrogens (tertiary/aromatic N) is 3. The van der Waals surface area contributed by atoms with E-state index in [1.807, 2.05) is 18.2 Å². The Bertz CT molecular complexity index is 476. The first-order valence-electron chi connectivity index (χ1n) is 4.20. The Morgan fingerprint density at radius 3 is 3.08 bits per heavy atom. The molecule has 2 aromatic rings. The molecule has 0 radical (unpaired) electrons. The standard InChI is InChI=1S/C10H9N3/c1-2-13-7-12-9-5-8(6-11)3-4-10(9)13/h3-5,7H,2H2,1H3. The van der Waals surface area contributed by atoms with Gasteiger partial charge < -0.3 is 4.57 Å². The van der Waals surface area contributed by atoms with Crippen LogP contribution in [0, 0.1) is 11.3 Å². The largest absolute Gasteiger partial charge is 0.331 e. The third kappa shape index (κ3) is 1.17. The molecule has 64 valence electrons. The molecule has 1 heterocycles. The van der Waals surface area contributed by atoms with Crippen LogP contribution in [0.25, 0.3) is 11.0 Å². The lowest BCUT2D eigenvalue weighted by Crippen LogP contribution is -1.90. The minimum Gasteiger partial charge on any atom is -0.331 e. The van der Waals surface area contributed by atoms with Crippen LogP contribution >= 0.6 is 0 Å². The Balaban J connectivity index is 2.70. The maximum Gasteiger partial charge on any atom is 0.0992 e. The number of rotatable bonds is 1. The number of nitriles is 1. The summed E-state index contributed by atoms with van der Waals surface area (Å²) in [4.78, 5) is 4.21. The van der Waals surface area contributed by atoms with Crippen LogP contribution in [-0.2, 0) is 6.54 Å². The van der Waals surface area contributed by atoms with Crippen LogP contribution in [0.3, 0.4) is 0 Å². The molecule has 0 aliphatic carbocycles. The quantitative estimate of drug-likeness (QED) is 0.657. The molecular weight excluding hydrogens is 162 g/mol.